The zero-order valence-electron chi connectivity index (χ0n) is 11.9. The Balaban J connectivity index is 2.82. The van der Waals surface area contributed by atoms with Gasteiger partial charge >= 0.3 is 5.97 Å². The maximum atomic E-state index is 11.8. The minimum Gasteiger partial charge on any atom is -0.469 e. The summed E-state index contributed by atoms with van der Waals surface area (Å²) in [4.78, 5) is 13.9. The normalized spacial score (nSPS) is 12.3. The van der Waals surface area contributed by atoms with Crippen molar-refractivity contribution in [1.82, 2.24) is 0 Å². The van der Waals surface area contributed by atoms with E-state index in [0.717, 1.165) is 5.69 Å². The summed E-state index contributed by atoms with van der Waals surface area (Å²) >= 11 is 0. The summed E-state index contributed by atoms with van der Waals surface area (Å²) in [6, 6.07) is 8.19. The Bertz CT molecular complexity index is 401. The molecule has 0 aliphatic heterocycles. The van der Waals surface area contributed by atoms with Gasteiger partial charge in [-0.25, -0.2) is 0 Å². The molecule has 0 fully saturated rings. The second kappa shape index (κ2) is 6.43. The van der Waals surface area contributed by atoms with E-state index in [1.807, 2.05) is 33.0 Å². The first-order valence-electron chi connectivity index (χ1n) is 6.32. The molecule has 3 heteroatoms. The molecule has 18 heavy (non-hydrogen) atoms. The smallest absolute Gasteiger partial charge is 0.310 e. The van der Waals surface area contributed by atoms with Crippen LogP contribution in [0.15, 0.2) is 24.3 Å². The van der Waals surface area contributed by atoms with Crippen molar-refractivity contribution in [1.29, 1.82) is 0 Å². The fourth-order valence-electron chi connectivity index (χ4n) is 2.09. The van der Waals surface area contributed by atoms with Crippen LogP contribution in [0.2, 0.25) is 0 Å². The van der Waals surface area contributed by atoms with Crippen LogP contribution < -0.4 is 4.90 Å². The number of hydrogen-bond donors (Lipinski definition) is 0. The predicted molar refractivity (Wildman–Crippen MR) is 74.8 cm³/mol. The molecule has 0 radical (unpaired) electrons. The van der Waals surface area contributed by atoms with Gasteiger partial charge in [-0.15, -0.1) is 0 Å². The Labute approximate surface area is 110 Å². The van der Waals surface area contributed by atoms with E-state index < -0.39 is 0 Å². The number of carbonyl (C=O) groups is 1. The van der Waals surface area contributed by atoms with Crippen LogP contribution >= 0.6 is 0 Å². The lowest BCUT2D eigenvalue weighted by molar-refractivity contribution is -0.146. The molecule has 1 rings (SSSR count). The fraction of sp³-hybridized carbons (Fsp3) is 0.533. The SMILES string of the molecule is COC(=O)C(CN(C)c1ccccc1C)C(C)C. The van der Waals surface area contributed by atoms with Gasteiger partial charge in [-0.3, -0.25) is 4.79 Å². The Morgan fingerprint density at radius 2 is 1.94 bits per heavy atom. The molecule has 0 spiro atoms. The molecule has 1 atom stereocenters. The zero-order chi connectivity index (χ0) is 13.7. The third-order valence-corrected chi connectivity index (χ3v) is 3.31. The molecule has 0 bridgehead atoms. The van der Waals surface area contributed by atoms with Crippen molar-refractivity contribution in [2.24, 2.45) is 11.8 Å². The van der Waals surface area contributed by atoms with Crippen LogP contribution in [0.5, 0.6) is 0 Å². The standard InChI is InChI=1S/C15H23NO2/c1-11(2)13(15(17)18-5)10-16(4)14-9-7-6-8-12(14)3/h6-9,11,13H,10H2,1-5H3. The highest BCUT2D eigenvalue weighted by Gasteiger charge is 2.24. The summed E-state index contributed by atoms with van der Waals surface area (Å²) in [6.07, 6.45) is 0. The number of carbonyl (C=O) groups excluding carboxylic acids is 1. The van der Waals surface area contributed by atoms with Gasteiger partial charge in [0.2, 0.25) is 0 Å². The first-order valence-corrected chi connectivity index (χ1v) is 6.32. The minimum absolute atomic E-state index is 0.0976. The van der Waals surface area contributed by atoms with Crippen molar-refractivity contribution in [3.8, 4) is 0 Å². The van der Waals surface area contributed by atoms with Gasteiger partial charge in [0.15, 0.2) is 0 Å². The molecule has 3 nitrogen and oxygen atoms in total. The molecule has 1 unspecified atom stereocenters. The van der Waals surface area contributed by atoms with Crippen LogP contribution in [-0.2, 0) is 9.53 Å². The number of benzene rings is 1. The van der Waals surface area contributed by atoms with E-state index in [-0.39, 0.29) is 17.8 Å². The van der Waals surface area contributed by atoms with Gasteiger partial charge in [0.25, 0.3) is 0 Å². The molecule has 0 N–H and O–H groups in total. The van der Waals surface area contributed by atoms with E-state index in [1.165, 1.54) is 12.7 Å². The average Bonchev–Trinajstić information content (AvgIpc) is 2.35. The zero-order valence-corrected chi connectivity index (χ0v) is 11.9. The Morgan fingerprint density at radius 1 is 1.33 bits per heavy atom. The number of hydrogen-bond acceptors (Lipinski definition) is 3. The van der Waals surface area contributed by atoms with E-state index in [1.54, 1.807) is 0 Å². The highest BCUT2D eigenvalue weighted by molar-refractivity contribution is 5.73. The van der Waals surface area contributed by atoms with Crippen LogP contribution in [0.4, 0.5) is 5.69 Å². The van der Waals surface area contributed by atoms with Gasteiger partial charge < -0.3 is 9.64 Å². The highest BCUT2D eigenvalue weighted by Crippen LogP contribution is 2.21. The Hall–Kier alpha value is -1.51. The second-order valence-electron chi connectivity index (χ2n) is 5.04. The van der Waals surface area contributed by atoms with Crippen molar-refractivity contribution < 1.29 is 9.53 Å². The number of anilines is 1. The summed E-state index contributed by atoms with van der Waals surface area (Å²) in [5, 5.41) is 0. The van der Waals surface area contributed by atoms with E-state index in [0.29, 0.717) is 6.54 Å². The summed E-state index contributed by atoms with van der Waals surface area (Å²) in [6.45, 7) is 6.85. The van der Waals surface area contributed by atoms with Crippen molar-refractivity contribution in [3.05, 3.63) is 29.8 Å². The molecule has 100 valence electrons. The Kier molecular flexibility index (Phi) is 5.20. The van der Waals surface area contributed by atoms with E-state index >= 15 is 0 Å². The Morgan fingerprint density at radius 3 is 2.44 bits per heavy atom. The van der Waals surface area contributed by atoms with Gasteiger partial charge in [0.05, 0.1) is 13.0 Å². The molecule has 0 aliphatic rings. The molecule has 1 aromatic rings. The van der Waals surface area contributed by atoms with Gasteiger partial charge in [0.1, 0.15) is 0 Å². The molecule has 0 aliphatic carbocycles. The van der Waals surface area contributed by atoms with Gasteiger partial charge in [-0.05, 0) is 24.5 Å². The third-order valence-electron chi connectivity index (χ3n) is 3.31. The monoisotopic (exact) mass is 249 g/mol. The molecule has 1 aromatic carbocycles. The van der Waals surface area contributed by atoms with Crippen molar-refractivity contribution in [3.63, 3.8) is 0 Å². The maximum absolute atomic E-state index is 11.8. The average molecular weight is 249 g/mol. The van der Waals surface area contributed by atoms with Crippen LogP contribution in [0.3, 0.4) is 0 Å². The lowest BCUT2D eigenvalue weighted by Gasteiger charge is -2.27. The number of ether oxygens (including phenoxy) is 1. The van der Waals surface area contributed by atoms with Gasteiger partial charge in [-0.2, -0.15) is 0 Å². The lowest BCUT2D eigenvalue weighted by Crippen LogP contribution is -2.34. The van der Waals surface area contributed by atoms with E-state index in [4.69, 9.17) is 4.74 Å². The van der Waals surface area contributed by atoms with E-state index in [2.05, 4.69) is 24.0 Å². The molecule has 0 heterocycles. The minimum atomic E-state index is -0.134. The molecule has 0 saturated heterocycles. The summed E-state index contributed by atoms with van der Waals surface area (Å²) in [5.41, 5.74) is 2.37. The molecular formula is C15H23NO2. The van der Waals surface area contributed by atoms with Crippen LogP contribution in [0.1, 0.15) is 19.4 Å². The number of esters is 1. The van der Waals surface area contributed by atoms with Crippen LogP contribution in [-0.4, -0.2) is 26.7 Å². The summed E-state index contributed by atoms with van der Waals surface area (Å²) in [5.74, 6) is 0.0361. The van der Waals surface area contributed by atoms with Crippen LogP contribution in [0.25, 0.3) is 0 Å². The number of para-hydroxylation sites is 1. The summed E-state index contributed by atoms with van der Waals surface area (Å²) in [7, 11) is 3.46. The van der Waals surface area contributed by atoms with Crippen molar-refractivity contribution in [2.45, 2.75) is 20.8 Å². The van der Waals surface area contributed by atoms with Gasteiger partial charge in [-0.1, -0.05) is 32.0 Å². The molecular weight excluding hydrogens is 226 g/mol. The number of aryl methyl sites for hydroxylation is 1. The first kappa shape index (κ1) is 14.6. The first-order chi connectivity index (χ1) is 8.47. The topological polar surface area (TPSA) is 29.5 Å². The summed E-state index contributed by atoms with van der Waals surface area (Å²) < 4.78 is 4.88. The number of nitrogens with zero attached hydrogens (tertiary/aromatic N) is 1. The largest absolute Gasteiger partial charge is 0.469 e. The quantitative estimate of drug-likeness (QED) is 0.751. The third kappa shape index (κ3) is 3.49. The molecule has 0 aromatic heterocycles. The van der Waals surface area contributed by atoms with E-state index in [9.17, 15) is 4.79 Å². The number of methoxy groups -OCH3 is 1. The van der Waals surface area contributed by atoms with Gasteiger partial charge in [0, 0.05) is 19.3 Å². The predicted octanol–water partition coefficient (Wildman–Crippen LogP) is 2.88. The van der Waals surface area contributed by atoms with Crippen molar-refractivity contribution >= 4 is 11.7 Å². The fourth-order valence-corrected chi connectivity index (χ4v) is 2.09. The lowest BCUT2D eigenvalue weighted by atomic mass is 9.95. The molecule has 0 amide bonds. The van der Waals surface area contributed by atoms with Crippen LogP contribution in [0, 0.1) is 18.8 Å². The van der Waals surface area contributed by atoms with Crippen molar-refractivity contribution in [2.75, 3.05) is 25.6 Å². The molecule has 0 saturated carbocycles. The highest BCUT2D eigenvalue weighted by atomic mass is 16.5. The second-order valence-corrected chi connectivity index (χ2v) is 5.04. The number of rotatable bonds is 5. The maximum Gasteiger partial charge on any atom is 0.310 e.